The van der Waals surface area contributed by atoms with Crippen molar-refractivity contribution in [2.24, 2.45) is 0 Å². The van der Waals surface area contributed by atoms with E-state index in [1.165, 1.54) is 0 Å². The van der Waals surface area contributed by atoms with Gasteiger partial charge in [-0.2, -0.15) is 0 Å². The molecule has 0 aliphatic heterocycles. The molecule has 0 aromatic heterocycles. The van der Waals surface area contributed by atoms with Crippen molar-refractivity contribution in [2.75, 3.05) is 14.2 Å². The first-order valence-corrected chi connectivity index (χ1v) is 8.32. The minimum Gasteiger partial charge on any atom is -0.495 e. The molecule has 21 heavy (non-hydrogen) atoms. The molecule has 0 spiro atoms. The molecule has 0 aliphatic rings. The zero-order chi connectivity index (χ0) is 15.6. The highest BCUT2D eigenvalue weighted by Crippen LogP contribution is 2.44. The number of aryl methyl sites for hydroxylation is 1. The smallest absolute Gasteiger partial charge is 0.141 e. The molecule has 0 bridgehead atoms. The molecule has 2 rings (SSSR count). The van der Waals surface area contributed by atoms with E-state index in [1.807, 2.05) is 37.3 Å². The number of methoxy groups -OCH3 is 2. The van der Waals surface area contributed by atoms with Gasteiger partial charge in [0.25, 0.3) is 0 Å². The van der Waals surface area contributed by atoms with Crippen LogP contribution in [-0.4, -0.2) is 14.2 Å². The van der Waals surface area contributed by atoms with Gasteiger partial charge in [0.1, 0.15) is 16.0 Å². The summed E-state index contributed by atoms with van der Waals surface area (Å²) in [6.07, 6.45) is 0. The van der Waals surface area contributed by atoms with E-state index in [1.54, 1.807) is 14.2 Å². The molecule has 2 aromatic carbocycles. The summed E-state index contributed by atoms with van der Waals surface area (Å²) >= 11 is 13.7. The van der Waals surface area contributed by atoms with Crippen molar-refractivity contribution < 1.29 is 9.47 Å². The highest BCUT2D eigenvalue weighted by atomic mass is 79.9. The third-order valence-electron chi connectivity index (χ3n) is 3.30. The van der Waals surface area contributed by atoms with Crippen LogP contribution in [0.15, 0.2) is 39.3 Å². The lowest BCUT2D eigenvalue weighted by Crippen LogP contribution is -2.01. The highest BCUT2D eigenvalue weighted by molar-refractivity contribution is 9.11. The van der Waals surface area contributed by atoms with Gasteiger partial charge in [-0.25, -0.2) is 0 Å². The molecule has 0 radical (unpaired) electrons. The van der Waals surface area contributed by atoms with Gasteiger partial charge in [0.05, 0.1) is 19.6 Å². The Kier molecular flexibility index (Phi) is 5.58. The Balaban J connectivity index is 2.55. The van der Waals surface area contributed by atoms with E-state index in [0.717, 1.165) is 25.6 Å². The average molecular weight is 435 g/mol. The summed E-state index contributed by atoms with van der Waals surface area (Å²) in [7, 11) is 3.25. The van der Waals surface area contributed by atoms with Gasteiger partial charge < -0.3 is 9.47 Å². The fourth-order valence-corrected chi connectivity index (χ4v) is 3.64. The van der Waals surface area contributed by atoms with Gasteiger partial charge in [0, 0.05) is 10.0 Å². The van der Waals surface area contributed by atoms with E-state index in [0.29, 0.717) is 11.5 Å². The quantitative estimate of drug-likeness (QED) is 0.561. The van der Waals surface area contributed by atoms with Crippen LogP contribution < -0.4 is 9.47 Å². The van der Waals surface area contributed by atoms with Crippen LogP contribution in [0.4, 0.5) is 0 Å². The summed E-state index contributed by atoms with van der Waals surface area (Å²) in [5.74, 6) is 1.40. The predicted octanol–water partition coefficient (Wildman–Crippen LogP) is 5.87. The number of benzene rings is 2. The number of halogens is 3. The average Bonchev–Trinajstić information content (AvgIpc) is 2.48. The second-order valence-electron chi connectivity index (χ2n) is 4.57. The van der Waals surface area contributed by atoms with Crippen LogP contribution in [0, 0.1) is 6.92 Å². The maximum atomic E-state index is 6.70. The highest BCUT2D eigenvalue weighted by Gasteiger charge is 2.21. The van der Waals surface area contributed by atoms with Crippen molar-refractivity contribution in [3.8, 4) is 11.5 Å². The summed E-state index contributed by atoms with van der Waals surface area (Å²) in [6.45, 7) is 2.04. The second-order valence-corrected chi connectivity index (χ2v) is 6.71. The SMILES string of the molecule is COc1ccc(C(Cl)c2cc(Br)ccc2C)c(OC)c1Br. The maximum absolute atomic E-state index is 6.70. The van der Waals surface area contributed by atoms with Gasteiger partial charge >= 0.3 is 0 Å². The van der Waals surface area contributed by atoms with E-state index >= 15 is 0 Å². The van der Waals surface area contributed by atoms with E-state index in [-0.39, 0.29) is 5.38 Å². The molecule has 0 amide bonds. The van der Waals surface area contributed by atoms with Gasteiger partial charge in [0.15, 0.2) is 0 Å². The number of alkyl halides is 1. The van der Waals surface area contributed by atoms with Crippen LogP contribution in [0.5, 0.6) is 11.5 Å². The van der Waals surface area contributed by atoms with E-state index in [4.69, 9.17) is 21.1 Å². The maximum Gasteiger partial charge on any atom is 0.141 e. The Morgan fingerprint density at radius 1 is 1.00 bits per heavy atom. The zero-order valence-electron chi connectivity index (χ0n) is 11.9. The molecule has 0 fully saturated rings. The summed E-state index contributed by atoms with van der Waals surface area (Å²) in [5, 5.41) is -0.306. The third-order valence-corrected chi connectivity index (χ3v) is 5.02. The van der Waals surface area contributed by atoms with Crippen LogP contribution in [0.2, 0.25) is 0 Å². The molecule has 0 N–H and O–H groups in total. The Hall–Kier alpha value is -0.710. The van der Waals surface area contributed by atoms with Crippen molar-refractivity contribution in [1.82, 2.24) is 0 Å². The summed E-state index contributed by atoms with van der Waals surface area (Å²) in [5.41, 5.74) is 3.07. The fourth-order valence-electron chi connectivity index (χ4n) is 2.17. The van der Waals surface area contributed by atoms with Gasteiger partial charge in [0.2, 0.25) is 0 Å². The van der Waals surface area contributed by atoms with Gasteiger partial charge in [-0.05, 0) is 58.2 Å². The summed E-state index contributed by atoms with van der Waals surface area (Å²) in [6, 6.07) is 9.89. The standard InChI is InChI=1S/C16H15Br2ClO2/c1-9-4-5-10(17)8-12(9)15(19)11-6-7-13(20-2)14(18)16(11)21-3/h4-8,15H,1-3H3. The Morgan fingerprint density at radius 2 is 1.71 bits per heavy atom. The topological polar surface area (TPSA) is 18.5 Å². The molecular formula is C16H15Br2ClO2. The Bertz CT molecular complexity index is 659. The largest absolute Gasteiger partial charge is 0.495 e. The van der Waals surface area contributed by atoms with Gasteiger partial charge in [-0.15, -0.1) is 11.6 Å². The van der Waals surface area contributed by atoms with Crippen LogP contribution in [0.3, 0.4) is 0 Å². The molecule has 0 heterocycles. The molecule has 0 aliphatic carbocycles. The fraction of sp³-hybridized carbons (Fsp3) is 0.250. The van der Waals surface area contributed by atoms with Crippen LogP contribution in [0.25, 0.3) is 0 Å². The lowest BCUT2D eigenvalue weighted by atomic mass is 9.99. The van der Waals surface area contributed by atoms with Crippen molar-refractivity contribution in [2.45, 2.75) is 12.3 Å². The number of hydrogen-bond acceptors (Lipinski definition) is 2. The van der Waals surface area contributed by atoms with Crippen LogP contribution in [0.1, 0.15) is 22.1 Å². The molecule has 0 saturated heterocycles. The molecular weight excluding hydrogens is 419 g/mol. The Morgan fingerprint density at radius 3 is 2.33 bits per heavy atom. The molecule has 112 valence electrons. The summed E-state index contributed by atoms with van der Waals surface area (Å²) < 4.78 is 12.6. The predicted molar refractivity (Wildman–Crippen MR) is 93.8 cm³/mol. The number of hydrogen-bond donors (Lipinski definition) is 0. The van der Waals surface area contributed by atoms with Crippen molar-refractivity contribution in [3.63, 3.8) is 0 Å². The first kappa shape index (κ1) is 16.7. The lowest BCUT2D eigenvalue weighted by Gasteiger charge is -2.19. The first-order valence-electron chi connectivity index (χ1n) is 6.30. The molecule has 2 aromatic rings. The molecule has 1 atom stereocenters. The van der Waals surface area contributed by atoms with Crippen LogP contribution in [-0.2, 0) is 0 Å². The molecule has 2 nitrogen and oxygen atoms in total. The first-order chi connectivity index (χ1) is 9.99. The van der Waals surface area contributed by atoms with E-state index in [2.05, 4.69) is 31.9 Å². The number of ether oxygens (including phenoxy) is 2. The second kappa shape index (κ2) is 7.03. The zero-order valence-corrected chi connectivity index (χ0v) is 15.8. The third kappa shape index (κ3) is 3.38. The van der Waals surface area contributed by atoms with Gasteiger partial charge in [-0.1, -0.05) is 22.0 Å². The van der Waals surface area contributed by atoms with E-state index in [9.17, 15) is 0 Å². The molecule has 1 unspecified atom stereocenters. The lowest BCUT2D eigenvalue weighted by molar-refractivity contribution is 0.386. The number of rotatable bonds is 4. The van der Waals surface area contributed by atoms with Crippen LogP contribution >= 0.6 is 43.5 Å². The molecule has 5 heteroatoms. The van der Waals surface area contributed by atoms with Crippen molar-refractivity contribution in [3.05, 3.63) is 56.0 Å². The minimum atomic E-state index is -0.306. The van der Waals surface area contributed by atoms with Crippen molar-refractivity contribution in [1.29, 1.82) is 0 Å². The minimum absolute atomic E-state index is 0.306. The normalized spacial score (nSPS) is 12.1. The Labute approximate surface area is 146 Å². The monoisotopic (exact) mass is 432 g/mol. The van der Waals surface area contributed by atoms with Gasteiger partial charge in [-0.3, -0.25) is 0 Å². The summed E-state index contributed by atoms with van der Waals surface area (Å²) in [4.78, 5) is 0. The van der Waals surface area contributed by atoms with Crippen molar-refractivity contribution >= 4 is 43.5 Å². The molecule has 0 saturated carbocycles. The van der Waals surface area contributed by atoms with E-state index < -0.39 is 0 Å².